The lowest BCUT2D eigenvalue weighted by Crippen LogP contribution is -1.97. The highest BCUT2D eigenvalue weighted by molar-refractivity contribution is 6.33. The van der Waals surface area contributed by atoms with Gasteiger partial charge in [-0.3, -0.25) is 4.79 Å². The molecule has 0 atom stereocenters. The predicted octanol–water partition coefficient (Wildman–Crippen LogP) is 4.63. The van der Waals surface area contributed by atoms with E-state index >= 15 is 0 Å². The first-order valence-corrected chi connectivity index (χ1v) is 7.26. The van der Waals surface area contributed by atoms with Crippen LogP contribution in [-0.2, 0) is 11.2 Å². The summed E-state index contributed by atoms with van der Waals surface area (Å²) in [6.45, 7) is 0. The van der Waals surface area contributed by atoms with Crippen molar-refractivity contribution >= 4 is 28.5 Å². The van der Waals surface area contributed by atoms with Crippen molar-refractivity contribution in [3.8, 4) is 11.5 Å². The van der Waals surface area contributed by atoms with Gasteiger partial charge in [-0.2, -0.15) is 0 Å². The molecule has 0 amide bonds. The molecule has 0 bridgehead atoms. The molecule has 1 heterocycles. The lowest BCUT2D eigenvalue weighted by molar-refractivity contribution is -0.136. The monoisotopic (exact) mass is 315 g/mol. The highest BCUT2D eigenvalue weighted by Crippen LogP contribution is 2.37. The molecular weight excluding hydrogens is 302 g/mol. The quantitative estimate of drug-likeness (QED) is 0.721. The molecule has 4 nitrogen and oxygen atoms in total. The van der Waals surface area contributed by atoms with Crippen molar-refractivity contribution in [3.05, 3.63) is 59.2 Å². The Bertz CT molecular complexity index is 811. The van der Waals surface area contributed by atoms with Crippen LogP contribution in [0.2, 0.25) is 5.02 Å². The molecule has 3 aromatic rings. The van der Waals surface area contributed by atoms with Crippen molar-refractivity contribution < 1.29 is 14.6 Å². The first kappa shape index (κ1) is 14.5. The minimum atomic E-state index is -0.822. The Kier molecular flexibility index (Phi) is 4.02. The zero-order valence-electron chi connectivity index (χ0n) is 11.7. The van der Waals surface area contributed by atoms with E-state index in [2.05, 4.69) is 4.98 Å². The van der Waals surface area contributed by atoms with Gasteiger partial charge < -0.3 is 14.8 Å². The van der Waals surface area contributed by atoms with Crippen LogP contribution in [0, 0.1) is 0 Å². The number of hydrogen-bond donors (Lipinski definition) is 2. The third-order valence-corrected chi connectivity index (χ3v) is 3.63. The topological polar surface area (TPSA) is 62.3 Å². The molecular formula is C17H14ClNO3. The maximum Gasteiger partial charge on any atom is 0.303 e. The number of aryl methyl sites for hydroxylation is 1. The fourth-order valence-electron chi connectivity index (χ4n) is 2.29. The first-order valence-electron chi connectivity index (χ1n) is 6.88. The maximum atomic E-state index is 10.7. The molecule has 5 heteroatoms. The number of aliphatic carboxylic acids is 1. The molecule has 112 valence electrons. The Labute approximate surface area is 132 Å². The van der Waals surface area contributed by atoms with E-state index in [0.717, 1.165) is 16.6 Å². The number of rotatable bonds is 5. The summed E-state index contributed by atoms with van der Waals surface area (Å²) in [6, 6.07) is 14.9. The molecule has 3 rings (SSSR count). The molecule has 0 aliphatic heterocycles. The standard InChI is InChI=1S/C17H14ClNO3/c18-14-7-8-15-13(10-11(19-15)6-9-16(20)21)17(14)22-12-4-2-1-3-5-12/h1-5,7-8,10,19H,6,9H2,(H,20,21). The summed E-state index contributed by atoms with van der Waals surface area (Å²) < 4.78 is 5.89. The maximum absolute atomic E-state index is 10.7. The molecule has 2 aromatic carbocycles. The summed E-state index contributed by atoms with van der Waals surface area (Å²) in [7, 11) is 0. The van der Waals surface area contributed by atoms with Gasteiger partial charge >= 0.3 is 5.97 Å². The largest absolute Gasteiger partial charge is 0.481 e. The SMILES string of the molecule is O=C(O)CCc1cc2c(Oc3ccccc3)c(Cl)ccc2[nH]1. The number of carbonyl (C=O) groups is 1. The molecule has 0 radical (unpaired) electrons. The van der Waals surface area contributed by atoms with Crippen molar-refractivity contribution in [2.24, 2.45) is 0 Å². The number of nitrogens with one attached hydrogen (secondary N) is 1. The minimum Gasteiger partial charge on any atom is -0.481 e. The number of para-hydroxylation sites is 1. The second-order valence-corrected chi connectivity index (χ2v) is 5.35. The highest BCUT2D eigenvalue weighted by atomic mass is 35.5. The van der Waals surface area contributed by atoms with Gasteiger partial charge in [-0.25, -0.2) is 0 Å². The summed E-state index contributed by atoms with van der Waals surface area (Å²) >= 11 is 6.26. The lowest BCUT2D eigenvalue weighted by atomic mass is 10.2. The van der Waals surface area contributed by atoms with E-state index in [1.165, 1.54) is 0 Å². The van der Waals surface area contributed by atoms with Gasteiger partial charge in [-0.1, -0.05) is 29.8 Å². The van der Waals surface area contributed by atoms with Gasteiger partial charge in [0.25, 0.3) is 0 Å². The minimum absolute atomic E-state index is 0.0788. The third-order valence-electron chi connectivity index (χ3n) is 3.33. The Morgan fingerprint density at radius 1 is 1.18 bits per heavy atom. The van der Waals surface area contributed by atoms with Crippen molar-refractivity contribution in [3.63, 3.8) is 0 Å². The number of fused-ring (bicyclic) bond motifs is 1. The van der Waals surface area contributed by atoms with Crippen LogP contribution in [-0.4, -0.2) is 16.1 Å². The molecule has 1 aromatic heterocycles. The van der Waals surface area contributed by atoms with E-state index in [0.29, 0.717) is 22.9 Å². The van der Waals surface area contributed by atoms with Crippen LogP contribution < -0.4 is 4.74 Å². The third kappa shape index (κ3) is 3.07. The Hall–Kier alpha value is -2.46. The number of ether oxygens (including phenoxy) is 1. The van der Waals surface area contributed by atoms with Gasteiger partial charge in [0.1, 0.15) is 5.75 Å². The number of H-pyrrole nitrogens is 1. The summed E-state index contributed by atoms with van der Waals surface area (Å²) in [4.78, 5) is 13.9. The molecule has 0 saturated carbocycles. The first-order chi connectivity index (χ1) is 10.6. The molecule has 0 aliphatic rings. The fourth-order valence-corrected chi connectivity index (χ4v) is 2.50. The van der Waals surface area contributed by atoms with E-state index in [1.54, 1.807) is 6.07 Å². The summed E-state index contributed by atoms with van der Waals surface area (Å²) in [6.07, 6.45) is 0.516. The van der Waals surface area contributed by atoms with Crippen LogP contribution in [0.4, 0.5) is 0 Å². The van der Waals surface area contributed by atoms with Crippen LogP contribution in [0.5, 0.6) is 11.5 Å². The van der Waals surface area contributed by atoms with Gasteiger partial charge in [-0.15, -0.1) is 0 Å². The molecule has 0 fully saturated rings. The molecule has 2 N–H and O–H groups in total. The summed E-state index contributed by atoms with van der Waals surface area (Å²) in [5.74, 6) is 0.450. The normalized spacial score (nSPS) is 10.8. The number of hydrogen-bond acceptors (Lipinski definition) is 2. The summed E-state index contributed by atoms with van der Waals surface area (Å²) in [5.41, 5.74) is 1.72. The van der Waals surface area contributed by atoms with Gasteiger partial charge in [0.05, 0.1) is 11.4 Å². The van der Waals surface area contributed by atoms with Gasteiger partial charge in [-0.05, 0) is 36.8 Å². The average Bonchev–Trinajstić information content (AvgIpc) is 2.93. The molecule has 0 saturated heterocycles. The van der Waals surface area contributed by atoms with Gasteiger partial charge in [0, 0.05) is 16.6 Å². The van der Waals surface area contributed by atoms with Crippen molar-refractivity contribution in [2.75, 3.05) is 0 Å². The lowest BCUT2D eigenvalue weighted by Gasteiger charge is -2.08. The number of benzene rings is 2. The Morgan fingerprint density at radius 3 is 2.68 bits per heavy atom. The van der Waals surface area contributed by atoms with E-state index in [1.807, 2.05) is 42.5 Å². The van der Waals surface area contributed by atoms with Crippen LogP contribution >= 0.6 is 11.6 Å². The highest BCUT2D eigenvalue weighted by Gasteiger charge is 2.12. The Balaban J connectivity index is 1.97. The molecule has 0 aliphatic carbocycles. The fraction of sp³-hybridized carbons (Fsp3) is 0.118. The van der Waals surface area contributed by atoms with Gasteiger partial charge in [0.2, 0.25) is 0 Å². The predicted molar refractivity (Wildman–Crippen MR) is 85.8 cm³/mol. The number of halogens is 1. The van der Waals surface area contributed by atoms with Crippen molar-refractivity contribution in [1.29, 1.82) is 0 Å². The van der Waals surface area contributed by atoms with Gasteiger partial charge in [0.15, 0.2) is 5.75 Å². The second-order valence-electron chi connectivity index (χ2n) is 4.94. The number of aromatic nitrogens is 1. The second kappa shape index (κ2) is 6.12. The molecule has 22 heavy (non-hydrogen) atoms. The van der Waals surface area contributed by atoms with Crippen LogP contribution in [0.1, 0.15) is 12.1 Å². The zero-order chi connectivity index (χ0) is 15.5. The van der Waals surface area contributed by atoms with Crippen LogP contribution in [0.3, 0.4) is 0 Å². The Morgan fingerprint density at radius 2 is 1.95 bits per heavy atom. The van der Waals surface area contributed by atoms with Crippen molar-refractivity contribution in [1.82, 2.24) is 4.98 Å². The van der Waals surface area contributed by atoms with Crippen molar-refractivity contribution in [2.45, 2.75) is 12.8 Å². The van der Waals surface area contributed by atoms with E-state index in [4.69, 9.17) is 21.4 Å². The number of aromatic amines is 1. The number of carboxylic acids is 1. The van der Waals surface area contributed by atoms with Crippen LogP contribution in [0.25, 0.3) is 10.9 Å². The average molecular weight is 316 g/mol. The smallest absolute Gasteiger partial charge is 0.303 e. The molecule has 0 unspecified atom stereocenters. The zero-order valence-corrected chi connectivity index (χ0v) is 12.4. The molecule has 0 spiro atoms. The number of carboxylic acid groups (broad SMARTS) is 1. The van der Waals surface area contributed by atoms with Crippen LogP contribution in [0.15, 0.2) is 48.5 Å². The van der Waals surface area contributed by atoms with E-state index in [-0.39, 0.29) is 6.42 Å². The van der Waals surface area contributed by atoms with E-state index in [9.17, 15) is 4.79 Å². The van der Waals surface area contributed by atoms with E-state index < -0.39 is 5.97 Å². The summed E-state index contributed by atoms with van der Waals surface area (Å²) in [5, 5.41) is 10.1.